The lowest BCUT2D eigenvalue weighted by Crippen LogP contribution is -2.62. The molecule has 4 aliphatic heterocycles. The monoisotopic (exact) mass is 403 g/mol. The summed E-state index contributed by atoms with van der Waals surface area (Å²) in [5.74, 6) is -0.533. The van der Waals surface area contributed by atoms with Gasteiger partial charge in [0.2, 0.25) is 5.91 Å². The van der Waals surface area contributed by atoms with Crippen LogP contribution in [0, 0.1) is 11.7 Å². The minimum atomic E-state index is -0.502. The van der Waals surface area contributed by atoms with Crippen molar-refractivity contribution in [2.75, 3.05) is 32.9 Å². The number of hydrogen-bond donors (Lipinski definition) is 0. The summed E-state index contributed by atoms with van der Waals surface area (Å²) in [6, 6.07) is 1.35. The minimum absolute atomic E-state index is 0.0379. The first kappa shape index (κ1) is 18.9. The Morgan fingerprint density at radius 2 is 1.93 bits per heavy atom. The third-order valence-electron chi connectivity index (χ3n) is 6.86. The number of nitrogens with zero attached hydrogens (tertiary/aromatic N) is 3. The van der Waals surface area contributed by atoms with Crippen LogP contribution in [-0.4, -0.2) is 77.2 Å². The number of morpholine rings is 1. The lowest BCUT2D eigenvalue weighted by molar-refractivity contribution is -0.166. The molecule has 5 heterocycles. The van der Waals surface area contributed by atoms with Gasteiger partial charge in [0.15, 0.2) is 0 Å². The molecule has 0 radical (unpaired) electrons. The van der Waals surface area contributed by atoms with Crippen LogP contribution in [0.25, 0.3) is 0 Å². The Morgan fingerprint density at radius 1 is 1.14 bits per heavy atom. The first-order chi connectivity index (χ1) is 14.0. The van der Waals surface area contributed by atoms with E-state index in [4.69, 9.17) is 9.47 Å². The maximum absolute atomic E-state index is 13.5. The summed E-state index contributed by atoms with van der Waals surface area (Å²) < 4.78 is 25.2. The van der Waals surface area contributed by atoms with Gasteiger partial charge in [-0.2, -0.15) is 0 Å². The number of piperidine rings is 1. The topological polar surface area (TPSA) is 72.0 Å². The molecule has 4 saturated heterocycles. The Kier molecular flexibility index (Phi) is 4.78. The van der Waals surface area contributed by atoms with E-state index in [1.54, 1.807) is 0 Å². The zero-order chi connectivity index (χ0) is 20.0. The zero-order valence-electron chi connectivity index (χ0n) is 16.4. The Hall–Kier alpha value is -2.06. The van der Waals surface area contributed by atoms with E-state index in [9.17, 15) is 14.0 Å². The molecule has 4 fully saturated rings. The fraction of sp³-hybridized carbons (Fsp3) is 0.667. The van der Waals surface area contributed by atoms with Crippen LogP contribution in [0.15, 0.2) is 18.5 Å². The SMILES string of the molecule is O=C(C1CCOC1)N1CCOC2(C[C@H]3CC[C@@H](C2)N3C(=O)c2cncc(F)c2)C1. The number of hydrogen-bond acceptors (Lipinski definition) is 5. The van der Waals surface area contributed by atoms with Crippen molar-refractivity contribution < 1.29 is 23.5 Å². The molecule has 0 N–H and O–H groups in total. The Balaban J connectivity index is 1.31. The van der Waals surface area contributed by atoms with E-state index in [0.29, 0.717) is 51.3 Å². The molecule has 0 aromatic carbocycles. The van der Waals surface area contributed by atoms with Crippen molar-refractivity contribution in [2.24, 2.45) is 5.92 Å². The molecule has 4 atom stereocenters. The smallest absolute Gasteiger partial charge is 0.256 e. The third kappa shape index (κ3) is 3.42. The van der Waals surface area contributed by atoms with Crippen LogP contribution < -0.4 is 0 Å². The van der Waals surface area contributed by atoms with Gasteiger partial charge in [-0.3, -0.25) is 14.6 Å². The summed E-state index contributed by atoms with van der Waals surface area (Å²) in [5.41, 5.74) is -0.101. The summed E-state index contributed by atoms with van der Waals surface area (Å²) in [6.07, 6.45) is 6.57. The predicted molar refractivity (Wildman–Crippen MR) is 101 cm³/mol. The van der Waals surface area contributed by atoms with E-state index in [2.05, 4.69) is 4.98 Å². The molecule has 0 aliphatic carbocycles. The molecule has 2 amide bonds. The molecule has 1 aromatic rings. The van der Waals surface area contributed by atoms with Crippen molar-refractivity contribution in [3.8, 4) is 0 Å². The lowest BCUT2D eigenvalue weighted by Gasteiger charge is -2.50. The molecule has 4 aliphatic rings. The van der Waals surface area contributed by atoms with Crippen molar-refractivity contribution >= 4 is 11.8 Å². The van der Waals surface area contributed by atoms with Gasteiger partial charge >= 0.3 is 0 Å². The lowest BCUT2D eigenvalue weighted by atomic mass is 9.83. The van der Waals surface area contributed by atoms with Crippen LogP contribution in [0.5, 0.6) is 0 Å². The Labute approximate surface area is 169 Å². The average Bonchev–Trinajstić information content (AvgIpc) is 3.34. The van der Waals surface area contributed by atoms with Gasteiger partial charge in [0.1, 0.15) is 5.82 Å². The molecule has 2 unspecified atom stereocenters. The summed E-state index contributed by atoms with van der Waals surface area (Å²) in [5, 5.41) is 0. The van der Waals surface area contributed by atoms with E-state index < -0.39 is 11.4 Å². The number of halogens is 1. The van der Waals surface area contributed by atoms with E-state index in [0.717, 1.165) is 25.5 Å². The van der Waals surface area contributed by atoms with Crippen LogP contribution >= 0.6 is 0 Å². The van der Waals surface area contributed by atoms with E-state index in [1.807, 2.05) is 9.80 Å². The fourth-order valence-corrected chi connectivity index (χ4v) is 5.58. The van der Waals surface area contributed by atoms with Crippen molar-refractivity contribution in [3.05, 3.63) is 29.8 Å². The second-order valence-corrected chi connectivity index (χ2v) is 8.75. The van der Waals surface area contributed by atoms with Crippen LogP contribution in [0.1, 0.15) is 42.5 Å². The van der Waals surface area contributed by atoms with Gasteiger partial charge in [0.25, 0.3) is 5.91 Å². The summed E-state index contributed by atoms with van der Waals surface area (Å²) in [7, 11) is 0. The van der Waals surface area contributed by atoms with Crippen molar-refractivity contribution in [2.45, 2.75) is 49.8 Å². The van der Waals surface area contributed by atoms with Crippen LogP contribution in [0.2, 0.25) is 0 Å². The van der Waals surface area contributed by atoms with Crippen LogP contribution in [0.4, 0.5) is 4.39 Å². The molecule has 5 rings (SSSR count). The third-order valence-corrected chi connectivity index (χ3v) is 6.86. The van der Waals surface area contributed by atoms with E-state index >= 15 is 0 Å². The van der Waals surface area contributed by atoms with E-state index in [1.165, 1.54) is 12.3 Å². The van der Waals surface area contributed by atoms with Crippen LogP contribution in [0.3, 0.4) is 0 Å². The number of carbonyl (C=O) groups excluding carboxylic acids is 2. The highest BCUT2D eigenvalue weighted by molar-refractivity contribution is 5.94. The normalized spacial score (nSPS) is 34.0. The van der Waals surface area contributed by atoms with Crippen LogP contribution in [-0.2, 0) is 14.3 Å². The molecule has 1 spiro atoms. The maximum atomic E-state index is 13.5. The molecular weight excluding hydrogens is 377 g/mol. The molecule has 29 heavy (non-hydrogen) atoms. The predicted octanol–water partition coefficient (Wildman–Crippen LogP) is 1.62. The highest BCUT2D eigenvalue weighted by Crippen LogP contribution is 2.44. The van der Waals surface area contributed by atoms with E-state index in [-0.39, 0.29) is 29.8 Å². The number of amides is 2. The van der Waals surface area contributed by atoms with Gasteiger partial charge in [-0.05, 0) is 38.2 Å². The van der Waals surface area contributed by atoms with Crippen molar-refractivity contribution in [1.82, 2.24) is 14.8 Å². The first-order valence-corrected chi connectivity index (χ1v) is 10.5. The number of pyridine rings is 1. The molecule has 2 bridgehead atoms. The molecule has 156 valence electrons. The minimum Gasteiger partial charge on any atom is -0.381 e. The molecule has 1 aromatic heterocycles. The van der Waals surface area contributed by atoms with Crippen molar-refractivity contribution in [3.63, 3.8) is 0 Å². The number of ether oxygens (including phenoxy) is 2. The summed E-state index contributed by atoms with van der Waals surface area (Å²) in [6.45, 7) is 2.89. The standard InChI is InChI=1S/C21H26FN3O4/c22-16-7-15(10-23-11-16)20(27)25-17-1-2-18(25)9-21(8-17)13-24(4-6-29-21)19(26)14-3-5-28-12-14/h7,10-11,14,17-18H,1-6,8-9,12-13H2/t14?,17-,18+,21?. The summed E-state index contributed by atoms with van der Waals surface area (Å²) >= 11 is 0. The highest BCUT2D eigenvalue weighted by atomic mass is 19.1. The van der Waals surface area contributed by atoms with Gasteiger partial charge in [-0.25, -0.2) is 4.39 Å². The fourth-order valence-electron chi connectivity index (χ4n) is 5.58. The second kappa shape index (κ2) is 7.32. The largest absolute Gasteiger partial charge is 0.381 e. The quantitative estimate of drug-likeness (QED) is 0.751. The molecule has 7 nitrogen and oxygen atoms in total. The average molecular weight is 403 g/mol. The Morgan fingerprint density at radius 3 is 2.62 bits per heavy atom. The van der Waals surface area contributed by atoms with Gasteiger partial charge < -0.3 is 19.3 Å². The Bertz CT molecular complexity index is 799. The van der Waals surface area contributed by atoms with Gasteiger partial charge in [-0.1, -0.05) is 0 Å². The van der Waals surface area contributed by atoms with Gasteiger partial charge in [-0.15, -0.1) is 0 Å². The van der Waals surface area contributed by atoms with Crippen molar-refractivity contribution in [1.29, 1.82) is 0 Å². The van der Waals surface area contributed by atoms with Gasteiger partial charge in [0, 0.05) is 38.0 Å². The maximum Gasteiger partial charge on any atom is 0.256 e. The number of fused-ring (bicyclic) bond motifs is 2. The first-order valence-electron chi connectivity index (χ1n) is 10.5. The number of aromatic nitrogens is 1. The molecular formula is C21H26FN3O4. The molecule has 8 heteroatoms. The zero-order valence-corrected chi connectivity index (χ0v) is 16.4. The number of rotatable bonds is 2. The molecule has 0 saturated carbocycles. The highest BCUT2D eigenvalue weighted by Gasteiger charge is 2.53. The van der Waals surface area contributed by atoms with Gasteiger partial charge in [0.05, 0.1) is 36.5 Å². The second-order valence-electron chi connectivity index (χ2n) is 8.75. The number of carbonyl (C=O) groups is 2. The summed E-state index contributed by atoms with van der Waals surface area (Å²) in [4.78, 5) is 33.6.